The highest BCUT2D eigenvalue weighted by atomic mass is 16.2. The minimum Gasteiger partial charge on any atom is -0.351 e. The number of unbranched alkanes of at least 4 members (excludes halogenated alkanes) is 1. The maximum Gasteiger partial charge on any atom is 0.275 e. The van der Waals surface area contributed by atoms with Crippen molar-refractivity contribution >= 4 is 16.8 Å². The number of aryl methyl sites for hydroxylation is 1. The van der Waals surface area contributed by atoms with Crippen LogP contribution in [0.1, 0.15) is 37.2 Å². The predicted molar refractivity (Wildman–Crippen MR) is 78.9 cm³/mol. The van der Waals surface area contributed by atoms with Gasteiger partial charge in [-0.2, -0.15) is 5.10 Å². The number of carbonyl (C=O) groups excluding carboxylic acids is 1. The Morgan fingerprint density at radius 3 is 2.75 bits per heavy atom. The lowest BCUT2D eigenvalue weighted by Gasteiger charge is -2.10. The summed E-state index contributed by atoms with van der Waals surface area (Å²) < 4.78 is 1.69. The van der Waals surface area contributed by atoms with E-state index in [1.54, 1.807) is 16.8 Å². The molecule has 0 saturated heterocycles. The molecule has 5 heteroatoms. The zero-order valence-electron chi connectivity index (χ0n) is 11.8. The molecule has 0 atom stereocenters. The molecule has 0 saturated carbocycles. The third-order valence-corrected chi connectivity index (χ3v) is 3.19. The highest BCUT2D eigenvalue weighted by Gasteiger charge is 2.16. The number of benzene rings is 1. The van der Waals surface area contributed by atoms with Crippen LogP contribution in [0.15, 0.2) is 29.1 Å². The van der Waals surface area contributed by atoms with Crippen molar-refractivity contribution in [3.63, 3.8) is 0 Å². The number of para-hydroxylation sites is 1. The Hall–Kier alpha value is -2.17. The second kappa shape index (κ2) is 6.32. The van der Waals surface area contributed by atoms with Gasteiger partial charge in [0.25, 0.3) is 5.91 Å². The third-order valence-electron chi connectivity index (χ3n) is 3.19. The Kier molecular flexibility index (Phi) is 4.50. The molecule has 20 heavy (non-hydrogen) atoms. The lowest BCUT2D eigenvalue weighted by molar-refractivity contribution is 0.0945. The predicted octanol–water partition coefficient (Wildman–Crippen LogP) is 1.95. The normalized spacial score (nSPS) is 10.7. The van der Waals surface area contributed by atoms with Crippen LogP contribution in [-0.4, -0.2) is 22.2 Å². The van der Waals surface area contributed by atoms with E-state index < -0.39 is 5.91 Å². The van der Waals surface area contributed by atoms with Gasteiger partial charge < -0.3 is 5.32 Å². The molecule has 0 aliphatic carbocycles. The Morgan fingerprint density at radius 1 is 1.30 bits per heavy atom. The van der Waals surface area contributed by atoms with Crippen LogP contribution < -0.4 is 10.7 Å². The number of amides is 1. The largest absolute Gasteiger partial charge is 0.351 e. The van der Waals surface area contributed by atoms with Gasteiger partial charge in [-0.05, 0) is 25.5 Å². The zero-order chi connectivity index (χ0) is 14.5. The molecular formula is C15H19N3O2. The first-order chi connectivity index (χ1) is 9.69. The molecule has 5 nitrogen and oxygen atoms in total. The minimum absolute atomic E-state index is 0.0262. The van der Waals surface area contributed by atoms with Crippen LogP contribution in [-0.2, 0) is 6.54 Å². The minimum atomic E-state index is -0.392. The SMILES string of the molecule is CCCCNC(=O)c1nn(CC)c2ccccc2c1=O. The lowest BCUT2D eigenvalue weighted by atomic mass is 10.2. The molecule has 1 heterocycles. The van der Waals surface area contributed by atoms with E-state index >= 15 is 0 Å². The van der Waals surface area contributed by atoms with Gasteiger partial charge in [-0.3, -0.25) is 14.3 Å². The number of carbonyl (C=O) groups is 1. The lowest BCUT2D eigenvalue weighted by Crippen LogP contribution is -2.32. The number of hydrogen-bond acceptors (Lipinski definition) is 3. The molecule has 106 valence electrons. The van der Waals surface area contributed by atoms with E-state index in [4.69, 9.17) is 0 Å². The fraction of sp³-hybridized carbons (Fsp3) is 0.400. The van der Waals surface area contributed by atoms with Crippen molar-refractivity contribution in [2.45, 2.75) is 33.2 Å². The summed E-state index contributed by atoms with van der Waals surface area (Å²) in [6.45, 7) is 5.15. The van der Waals surface area contributed by atoms with Gasteiger partial charge in [-0.1, -0.05) is 25.5 Å². The molecule has 2 rings (SSSR count). The molecule has 0 aliphatic rings. The molecule has 0 bridgehead atoms. The molecule has 0 spiro atoms. The number of aromatic nitrogens is 2. The van der Waals surface area contributed by atoms with E-state index in [-0.39, 0.29) is 11.1 Å². The molecule has 0 aliphatic heterocycles. The summed E-state index contributed by atoms with van der Waals surface area (Å²) >= 11 is 0. The molecule has 2 aromatic rings. The monoisotopic (exact) mass is 273 g/mol. The summed E-state index contributed by atoms with van der Waals surface area (Å²) in [5.41, 5.74) is 0.422. The molecule has 0 radical (unpaired) electrons. The summed E-state index contributed by atoms with van der Waals surface area (Å²) in [6.07, 6.45) is 1.88. The summed E-state index contributed by atoms with van der Waals surface area (Å²) in [5.74, 6) is -0.392. The van der Waals surface area contributed by atoms with Gasteiger partial charge in [0.05, 0.1) is 5.52 Å². The van der Waals surface area contributed by atoms with E-state index in [1.165, 1.54) is 0 Å². The van der Waals surface area contributed by atoms with Gasteiger partial charge >= 0.3 is 0 Å². The van der Waals surface area contributed by atoms with Gasteiger partial charge in [0, 0.05) is 18.5 Å². The Bertz CT molecular complexity index is 676. The van der Waals surface area contributed by atoms with Crippen LogP contribution in [0.25, 0.3) is 10.9 Å². The van der Waals surface area contributed by atoms with Crippen molar-refractivity contribution < 1.29 is 4.79 Å². The quantitative estimate of drug-likeness (QED) is 0.847. The van der Waals surface area contributed by atoms with E-state index in [9.17, 15) is 9.59 Å². The Morgan fingerprint density at radius 2 is 2.05 bits per heavy atom. The van der Waals surface area contributed by atoms with Crippen LogP contribution in [0.4, 0.5) is 0 Å². The van der Waals surface area contributed by atoms with Crippen molar-refractivity contribution in [1.82, 2.24) is 15.1 Å². The third kappa shape index (κ3) is 2.71. The molecule has 1 N–H and O–H groups in total. The number of fused-ring (bicyclic) bond motifs is 1. The highest BCUT2D eigenvalue weighted by molar-refractivity contribution is 5.95. The summed E-state index contributed by atoms with van der Waals surface area (Å²) in [4.78, 5) is 24.4. The van der Waals surface area contributed by atoms with E-state index in [2.05, 4.69) is 10.4 Å². The van der Waals surface area contributed by atoms with Crippen LogP contribution in [0.5, 0.6) is 0 Å². The first-order valence-corrected chi connectivity index (χ1v) is 6.97. The molecule has 1 aromatic heterocycles. The number of rotatable bonds is 5. The van der Waals surface area contributed by atoms with Gasteiger partial charge in [-0.15, -0.1) is 0 Å². The van der Waals surface area contributed by atoms with Crippen molar-refractivity contribution in [2.24, 2.45) is 0 Å². The fourth-order valence-corrected chi connectivity index (χ4v) is 2.09. The molecule has 1 aromatic carbocycles. The van der Waals surface area contributed by atoms with Gasteiger partial charge in [0.15, 0.2) is 5.69 Å². The molecule has 0 unspecified atom stereocenters. The fourth-order valence-electron chi connectivity index (χ4n) is 2.09. The van der Waals surface area contributed by atoms with Gasteiger partial charge in [0.2, 0.25) is 5.43 Å². The van der Waals surface area contributed by atoms with Crippen molar-refractivity contribution in [1.29, 1.82) is 0 Å². The van der Waals surface area contributed by atoms with Crippen LogP contribution in [0.2, 0.25) is 0 Å². The smallest absolute Gasteiger partial charge is 0.275 e. The molecule has 1 amide bonds. The van der Waals surface area contributed by atoms with Crippen LogP contribution in [0.3, 0.4) is 0 Å². The maximum atomic E-state index is 12.3. The summed E-state index contributed by atoms with van der Waals surface area (Å²) in [7, 11) is 0. The number of nitrogens with zero attached hydrogens (tertiary/aromatic N) is 2. The summed E-state index contributed by atoms with van der Waals surface area (Å²) in [5, 5.41) is 7.46. The standard InChI is InChI=1S/C15H19N3O2/c1-3-5-10-16-15(20)13-14(19)11-8-6-7-9-12(11)18(4-2)17-13/h6-9H,3-5,10H2,1-2H3,(H,16,20). The summed E-state index contributed by atoms with van der Waals surface area (Å²) in [6, 6.07) is 7.22. The molecular weight excluding hydrogens is 254 g/mol. The average molecular weight is 273 g/mol. The first kappa shape index (κ1) is 14.2. The Labute approximate surface area is 117 Å². The maximum absolute atomic E-state index is 12.3. The van der Waals surface area contributed by atoms with Crippen molar-refractivity contribution in [3.8, 4) is 0 Å². The second-order valence-corrected chi connectivity index (χ2v) is 4.62. The van der Waals surface area contributed by atoms with Crippen LogP contribution in [0, 0.1) is 0 Å². The molecule has 0 fully saturated rings. The number of nitrogens with one attached hydrogen (secondary N) is 1. The van der Waals surface area contributed by atoms with Crippen molar-refractivity contribution in [2.75, 3.05) is 6.54 Å². The van der Waals surface area contributed by atoms with E-state index in [0.29, 0.717) is 18.5 Å². The van der Waals surface area contributed by atoms with Crippen LogP contribution >= 0.6 is 0 Å². The highest BCUT2D eigenvalue weighted by Crippen LogP contribution is 2.09. The average Bonchev–Trinajstić information content (AvgIpc) is 2.48. The topological polar surface area (TPSA) is 64.0 Å². The zero-order valence-corrected chi connectivity index (χ0v) is 11.8. The first-order valence-electron chi connectivity index (χ1n) is 6.97. The van der Waals surface area contributed by atoms with E-state index in [0.717, 1.165) is 18.4 Å². The Balaban J connectivity index is 2.46. The number of hydrogen-bond donors (Lipinski definition) is 1. The van der Waals surface area contributed by atoms with E-state index in [1.807, 2.05) is 26.0 Å². The van der Waals surface area contributed by atoms with Gasteiger partial charge in [-0.25, -0.2) is 0 Å². The van der Waals surface area contributed by atoms with Crippen molar-refractivity contribution in [3.05, 3.63) is 40.2 Å². The van der Waals surface area contributed by atoms with Gasteiger partial charge in [0.1, 0.15) is 0 Å². The second-order valence-electron chi connectivity index (χ2n) is 4.62.